The number of rotatable bonds is 3. The van der Waals surface area contributed by atoms with Gasteiger partial charge in [-0.25, -0.2) is 0 Å². The normalized spacial score (nSPS) is 23.8. The number of nitrogens with one attached hydrogen (secondary N) is 1. The van der Waals surface area contributed by atoms with Gasteiger partial charge in [-0.1, -0.05) is 28.1 Å². The van der Waals surface area contributed by atoms with Crippen molar-refractivity contribution in [3.05, 3.63) is 33.8 Å². The molecule has 2 rings (SSSR count). The van der Waals surface area contributed by atoms with Crippen LogP contribution in [0.2, 0.25) is 0 Å². The number of aryl methyl sites for hydroxylation is 1. The molecule has 2 heteroatoms. The number of halogens is 1. The summed E-state index contributed by atoms with van der Waals surface area (Å²) in [4.78, 5) is 0. The van der Waals surface area contributed by atoms with Gasteiger partial charge in [-0.2, -0.15) is 0 Å². The first-order chi connectivity index (χ1) is 7.87. The average molecular weight is 296 g/mol. The van der Waals surface area contributed by atoms with Crippen molar-refractivity contribution in [1.82, 2.24) is 5.32 Å². The van der Waals surface area contributed by atoms with Crippen LogP contribution in [0.3, 0.4) is 0 Å². The number of benzene rings is 1. The van der Waals surface area contributed by atoms with Crippen molar-refractivity contribution in [2.75, 3.05) is 6.54 Å². The van der Waals surface area contributed by atoms with Gasteiger partial charge >= 0.3 is 0 Å². The second-order valence-electron chi connectivity index (χ2n) is 6.24. The topological polar surface area (TPSA) is 12.0 Å². The van der Waals surface area contributed by atoms with Gasteiger partial charge < -0.3 is 5.32 Å². The van der Waals surface area contributed by atoms with Gasteiger partial charge in [0, 0.05) is 10.0 Å². The monoisotopic (exact) mass is 295 g/mol. The van der Waals surface area contributed by atoms with E-state index in [0.717, 1.165) is 18.4 Å². The van der Waals surface area contributed by atoms with Crippen LogP contribution in [0.1, 0.15) is 44.2 Å². The largest absolute Gasteiger partial charge is 0.312 e. The van der Waals surface area contributed by atoms with Gasteiger partial charge in [0.2, 0.25) is 0 Å². The van der Waals surface area contributed by atoms with Crippen molar-refractivity contribution >= 4 is 15.9 Å². The summed E-state index contributed by atoms with van der Waals surface area (Å²) in [5.74, 6) is 1.59. The molecule has 0 bridgehead atoms. The van der Waals surface area contributed by atoms with Gasteiger partial charge in [0.05, 0.1) is 0 Å². The van der Waals surface area contributed by atoms with E-state index in [1.54, 1.807) is 0 Å². The van der Waals surface area contributed by atoms with Crippen LogP contribution < -0.4 is 5.32 Å². The summed E-state index contributed by atoms with van der Waals surface area (Å²) in [5.41, 5.74) is 3.04. The van der Waals surface area contributed by atoms with E-state index in [1.807, 2.05) is 0 Å². The van der Waals surface area contributed by atoms with Gasteiger partial charge in [-0.15, -0.1) is 0 Å². The first-order valence-electron chi connectivity index (χ1n) is 6.38. The highest BCUT2D eigenvalue weighted by Crippen LogP contribution is 2.47. The molecule has 0 aliphatic heterocycles. The molecule has 1 fully saturated rings. The molecular weight excluding hydrogens is 274 g/mol. The molecule has 0 amide bonds. The molecule has 1 nitrogen and oxygen atoms in total. The third-order valence-corrected chi connectivity index (χ3v) is 4.30. The number of hydrogen-bond acceptors (Lipinski definition) is 1. The van der Waals surface area contributed by atoms with Crippen LogP contribution in [0.25, 0.3) is 0 Å². The molecule has 2 atom stereocenters. The fraction of sp³-hybridized carbons (Fsp3) is 0.600. The van der Waals surface area contributed by atoms with Gasteiger partial charge in [0.15, 0.2) is 0 Å². The van der Waals surface area contributed by atoms with E-state index < -0.39 is 0 Å². The molecule has 1 aromatic rings. The maximum Gasteiger partial charge on any atom is 0.0207 e. The minimum Gasteiger partial charge on any atom is -0.312 e. The lowest BCUT2D eigenvalue weighted by Gasteiger charge is -2.20. The van der Waals surface area contributed by atoms with Crippen LogP contribution in [0.15, 0.2) is 22.7 Å². The van der Waals surface area contributed by atoms with Crippen molar-refractivity contribution in [1.29, 1.82) is 0 Å². The summed E-state index contributed by atoms with van der Waals surface area (Å²) in [6.45, 7) is 9.96. The van der Waals surface area contributed by atoms with Crippen LogP contribution in [0.5, 0.6) is 0 Å². The minimum absolute atomic E-state index is 0.237. The predicted molar refractivity (Wildman–Crippen MR) is 77.5 cm³/mol. The molecule has 1 aliphatic rings. The molecule has 1 aliphatic carbocycles. The summed E-state index contributed by atoms with van der Waals surface area (Å²) in [7, 11) is 0. The van der Waals surface area contributed by atoms with Crippen LogP contribution in [-0.2, 0) is 0 Å². The van der Waals surface area contributed by atoms with E-state index in [-0.39, 0.29) is 5.54 Å². The molecule has 0 heterocycles. The fourth-order valence-electron chi connectivity index (χ4n) is 2.16. The van der Waals surface area contributed by atoms with E-state index in [1.165, 1.54) is 22.0 Å². The summed E-state index contributed by atoms with van der Waals surface area (Å²) in [6, 6.07) is 6.78. The van der Waals surface area contributed by atoms with Crippen molar-refractivity contribution < 1.29 is 0 Å². The fourth-order valence-corrected chi connectivity index (χ4v) is 2.55. The maximum atomic E-state index is 3.62. The molecule has 1 aromatic carbocycles. The number of hydrogen-bond donors (Lipinski definition) is 1. The van der Waals surface area contributed by atoms with Gasteiger partial charge in [-0.3, -0.25) is 0 Å². The second-order valence-corrected chi connectivity index (χ2v) is 7.10. The smallest absolute Gasteiger partial charge is 0.0207 e. The first-order valence-corrected chi connectivity index (χ1v) is 7.17. The zero-order chi connectivity index (χ0) is 12.6. The Morgan fingerprint density at radius 2 is 2.06 bits per heavy atom. The van der Waals surface area contributed by atoms with E-state index in [9.17, 15) is 0 Å². The van der Waals surface area contributed by atoms with E-state index in [4.69, 9.17) is 0 Å². The molecule has 94 valence electrons. The SMILES string of the molecule is Cc1ccc(C2CC2CNC(C)(C)C)cc1Br. The average Bonchev–Trinajstić information content (AvgIpc) is 2.97. The zero-order valence-corrected chi connectivity index (χ0v) is 12.8. The van der Waals surface area contributed by atoms with E-state index >= 15 is 0 Å². The van der Waals surface area contributed by atoms with Crippen LogP contribution >= 0.6 is 15.9 Å². The van der Waals surface area contributed by atoms with E-state index in [0.29, 0.717) is 0 Å². The molecular formula is C15H22BrN. The molecule has 1 saturated carbocycles. The highest BCUT2D eigenvalue weighted by molar-refractivity contribution is 9.10. The van der Waals surface area contributed by atoms with Gasteiger partial charge in [-0.05, 0) is 69.7 Å². The van der Waals surface area contributed by atoms with Crippen LogP contribution in [0.4, 0.5) is 0 Å². The Morgan fingerprint density at radius 3 is 2.65 bits per heavy atom. The minimum atomic E-state index is 0.237. The summed E-state index contributed by atoms with van der Waals surface area (Å²) < 4.78 is 1.24. The standard InChI is InChI=1S/C15H22BrN/c1-10-5-6-11(8-14(10)16)13-7-12(13)9-17-15(2,3)4/h5-6,8,12-13,17H,7,9H2,1-4H3. The van der Waals surface area contributed by atoms with Gasteiger partial charge in [0.1, 0.15) is 0 Å². The predicted octanol–water partition coefficient (Wildman–Crippen LogP) is 4.25. The second kappa shape index (κ2) is 4.74. The quantitative estimate of drug-likeness (QED) is 0.879. The van der Waals surface area contributed by atoms with Crippen molar-refractivity contribution in [2.24, 2.45) is 5.92 Å². The Kier molecular flexibility index (Phi) is 3.65. The summed E-state index contributed by atoms with van der Waals surface area (Å²) in [5, 5.41) is 3.60. The first kappa shape index (κ1) is 13.1. The Labute approximate surface area is 113 Å². The molecule has 0 radical (unpaired) electrons. The Balaban J connectivity index is 1.92. The zero-order valence-electron chi connectivity index (χ0n) is 11.2. The lowest BCUT2D eigenvalue weighted by atomic mass is 10.1. The molecule has 0 aromatic heterocycles. The molecule has 2 unspecified atom stereocenters. The van der Waals surface area contributed by atoms with Gasteiger partial charge in [0.25, 0.3) is 0 Å². The third kappa shape index (κ3) is 3.56. The van der Waals surface area contributed by atoms with Crippen LogP contribution in [-0.4, -0.2) is 12.1 Å². The van der Waals surface area contributed by atoms with Crippen molar-refractivity contribution in [3.8, 4) is 0 Å². The van der Waals surface area contributed by atoms with Crippen molar-refractivity contribution in [3.63, 3.8) is 0 Å². The summed E-state index contributed by atoms with van der Waals surface area (Å²) in [6.07, 6.45) is 1.33. The summed E-state index contributed by atoms with van der Waals surface area (Å²) >= 11 is 3.62. The Morgan fingerprint density at radius 1 is 1.35 bits per heavy atom. The molecule has 17 heavy (non-hydrogen) atoms. The maximum absolute atomic E-state index is 3.62. The third-order valence-electron chi connectivity index (χ3n) is 3.44. The van der Waals surface area contributed by atoms with Crippen LogP contribution in [0, 0.1) is 12.8 Å². The lowest BCUT2D eigenvalue weighted by Crippen LogP contribution is -2.37. The highest BCUT2D eigenvalue weighted by atomic mass is 79.9. The van der Waals surface area contributed by atoms with E-state index in [2.05, 4.69) is 67.1 Å². The van der Waals surface area contributed by atoms with Crippen molar-refractivity contribution in [2.45, 2.75) is 45.6 Å². The molecule has 0 saturated heterocycles. The molecule has 0 spiro atoms. The molecule has 1 N–H and O–H groups in total. The highest BCUT2D eigenvalue weighted by Gasteiger charge is 2.38. The Hall–Kier alpha value is -0.340. The Bertz CT molecular complexity index is 406. The lowest BCUT2D eigenvalue weighted by molar-refractivity contribution is 0.414.